The molecule has 6 atom stereocenters. The van der Waals surface area contributed by atoms with Crippen LogP contribution in [0.2, 0.25) is 0 Å². The van der Waals surface area contributed by atoms with Crippen molar-refractivity contribution in [2.75, 3.05) is 13.7 Å². The quantitative estimate of drug-likeness (QED) is 0.0639. The Hall–Kier alpha value is -3.67. The highest BCUT2D eigenvalue weighted by molar-refractivity contribution is 5.93. The van der Waals surface area contributed by atoms with Gasteiger partial charge >= 0.3 is 5.97 Å². The number of rotatable bonds is 18. The van der Waals surface area contributed by atoms with E-state index in [-0.39, 0.29) is 43.6 Å². The average molecular weight is 617 g/mol. The van der Waals surface area contributed by atoms with Crippen molar-refractivity contribution in [3.8, 4) is 0 Å². The van der Waals surface area contributed by atoms with Crippen LogP contribution in [-0.4, -0.2) is 78.4 Å². The van der Waals surface area contributed by atoms with Crippen molar-refractivity contribution in [1.29, 1.82) is 0 Å². The number of methoxy groups -OCH3 is 1. The van der Waals surface area contributed by atoms with Crippen LogP contribution in [0.1, 0.15) is 66.4 Å². The molecule has 0 radical (unpaired) electrons. The average Bonchev–Trinajstić information content (AvgIpc) is 3.77. The summed E-state index contributed by atoms with van der Waals surface area (Å²) in [6.45, 7) is 11.4. The number of nitrogens with zero attached hydrogens (tertiary/aromatic N) is 3. The first-order valence-electron chi connectivity index (χ1n) is 15.1. The van der Waals surface area contributed by atoms with Gasteiger partial charge in [-0.1, -0.05) is 77.0 Å². The number of azide groups is 1. The van der Waals surface area contributed by atoms with E-state index >= 15 is 0 Å². The van der Waals surface area contributed by atoms with E-state index in [2.05, 4.69) is 26.0 Å². The molecule has 1 aromatic carbocycles. The molecular formula is C31H48N6O7. The van der Waals surface area contributed by atoms with E-state index in [1.165, 1.54) is 7.11 Å². The third kappa shape index (κ3) is 10.8. The fraction of sp³-hybridized carbons (Fsp3) is 0.677. The lowest BCUT2D eigenvalue weighted by Gasteiger charge is -2.31. The van der Waals surface area contributed by atoms with Gasteiger partial charge in [0, 0.05) is 4.91 Å². The molecule has 0 bridgehead atoms. The van der Waals surface area contributed by atoms with Gasteiger partial charge in [-0.2, -0.15) is 0 Å². The van der Waals surface area contributed by atoms with E-state index in [1.807, 2.05) is 71.9 Å². The second kappa shape index (κ2) is 17.0. The van der Waals surface area contributed by atoms with Crippen LogP contribution in [0.25, 0.3) is 10.4 Å². The Bertz CT molecular complexity index is 1170. The van der Waals surface area contributed by atoms with Crippen molar-refractivity contribution in [2.24, 2.45) is 22.9 Å². The molecule has 3 amide bonds. The molecular weight excluding hydrogens is 568 g/mol. The Morgan fingerprint density at radius 3 is 1.86 bits per heavy atom. The smallest absolute Gasteiger partial charge is 0.343 e. The third-order valence-electron chi connectivity index (χ3n) is 7.34. The molecule has 1 aliphatic heterocycles. The molecule has 2 rings (SSSR count). The van der Waals surface area contributed by atoms with E-state index in [9.17, 15) is 24.3 Å². The Morgan fingerprint density at radius 1 is 0.909 bits per heavy atom. The number of aliphatic hydroxyl groups is 1. The molecule has 0 spiro atoms. The Morgan fingerprint density at radius 2 is 1.41 bits per heavy atom. The summed E-state index contributed by atoms with van der Waals surface area (Å²) >= 11 is 0. The molecule has 13 heteroatoms. The predicted molar refractivity (Wildman–Crippen MR) is 164 cm³/mol. The number of hydrogen-bond donors (Lipinski definition) is 4. The molecule has 44 heavy (non-hydrogen) atoms. The second-order valence-corrected chi connectivity index (χ2v) is 12.7. The number of esters is 1. The van der Waals surface area contributed by atoms with Crippen LogP contribution in [0.4, 0.5) is 0 Å². The highest BCUT2D eigenvalue weighted by atomic mass is 16.7. The molecule has 1 aliphatic rings. The number of aliphatic hydroxyl groups excluding tert-OH is 1. The van der Waals surface area contributed by atoms with Crippen LogP contribution in [0.3, 0.4) is 0 Å². The highest BCUT2D eigenvalue weighted by Crippen LogP contribution is 2.35. The normalized spacial score (nSPS) is 19.2. The molecule has 0 saturated carbocycles. The van der Waals surface area contributed by atoms with E-state index in [0.29, 0.717) is 6.42 Å². The lowest BCUT2D eigenvalue weighted by Crippen LogP contribution is -2.59. The van der Waals surface area contributed by atoms with Crippen LogP contribution in [0.5, 0.6) is 0 Å². The van der Waals surface area contributed by atoms with Crippen molar-refractivity contribution >= 4 is 23.7 Å². The summed E-state index contributed by atoms with van der Waals surface area (Å²) in [5.41, 5.74) is 8.33. The maximum absolute atomic E-state index is 13.6. The first-order chi connectivity index (χ1) is 20.7. The van der Waals surface area contributed by atoms with Crippen molar-refractivity contribution in [2.45, 2.75) is 103 Å². The van der Waals surface area contributed by atoms with Gasteiger partial charge in [-0.15, -0.1) is 0 Å². The SMILES string of the molecule is COC(=O)[C@]1([C@@H](O)[C@@H](CC(C)C)NC(=O)[C@H](CC(C)C)NC(=O)[C@H](CC(C)C)NC(=O)[C@H](Cc2ccccc2)N=[N+]=[N-])CO1. The number of nitrogens with one attached hydrogen (secondary N) is 3. The first kappa shape index (κ1) is 36.5. The maximum atomic E-state index is 13.6. The van der Waals surface area contributed by atoms with Gasteiger partial charge < -0.3 is 30.5 Å². The summed E-state index contributed by atoms with van der Waals surface area (Å²) in [6, 6.07) is 5.15. The molecule has 1 fully saturated rings. The molecule has 0 aliphatic carbocycles. The molecule has 0 unspecified atom stereocenters. The monoisotopic (exact) mass is 616 g/mol. The van der Waals surface area contributed by atoms with Gasteiger partial charge in [-0.3, -0.25) is 14.4 Å². The lowest BCUT2D eigenvalue weighted by molar-refractivity contribution is -0.153. The van der Waals surface area contributed by atoms with E-state index in [1.54, 1.807) is 0 Å². The number of carbonyl (C=O) groups is 4. The number of ether oxygens (including phenoxy) is 2. The van der Waals surface area contributed by atoms with Crippen LogP contribution < -0.4 is 16.0 Å². The van der Waals surface area contributed by atoms with Gasteiger partial charge in [-0.05, 0) is 54.5 Å². The molecule has 244 valence electrons. The zero-order valence-electron chi connectivity index (χ0n) is 26.8. The summed E-state index contributed by atoms with van der Waals surface area (Å²) in [5, 5.41) is 23.1. The van der Waals surface area contributed by atoms with E-state index < -0.39 is 59.6 Å². The summed E-state index contributed by atoms with van der Waals surface area (Å²) in [4.78, 5) is 55.6. The number of epoxide rings is 1. The lowest BCUT2D eigenvalue weighted by atomic mass is 9.90. The minimum Gasteiger partial charge on any atom is -0.467 e. The number of benzene rings is 1. The van der Waals surface area contributed by atoms with Crippen LogP contribution in [0.15, 0.2) is 35.4 Å². The fourth-order valence-corrected chi connectivity index (χ4v) is 5.07. The Kier molecular flexibility index (Phi) is 14.1. The first-order valence-corrected chi connectivity index (χ1v) is 15.1. The van der Waals surface area contributed by atoms with Gasteiger partial charge in [-0.25, -0.2) is 4.79 Å². The van der Waals surface area contributed by atoms with Crippen LogP contribution >= 0.6 is 0 Å². The summed E-state index contributed by atoms with van der Waals surface area (Å²) < 4.78 is 10.1. The zero-order valence-corrected chi connectivity index (χ0v) is 26.8. The van der Waals surface area contributed by atoms with Gasteiger partial charge in [0.15, 0.2) is 0 Å². The molecule has 13 nitrogen and oxygen atoms in total. The second-order valence-electron chi connectivity index (χ2n) is 12.7. The molecule has 1 saturated heterocycles. The summed E-state index contributed by atoms with van der Waals surface area (Å²) in [7, 11) is 1.20. The minimum absolute atomic E-state index is 0.00561. The topological polar surface area (TPSA) is 195 Å². The third-order valence-corrected chi connectivity index (χ3v) is 7.34. The zero-order chi connectivity index (χ0) is 33.0. The molecule has 0 aromatic heterocycles. The summed E-state index contributed by atoms with van der Waals surface area (Å²) in [6.07, 6.45) is -0.326. The Balaban J connectivity index is 2.24. The standard InChI is InChI=1S/C31H48N6O7/c1-18(2)13-22(26(38)31(17-44-31)30(42)43-7)33-27(39)23(14-19(3)4)34-28(40)24(15-20(5)6)35-29(41)25(36-37-32)16-21-11-9-8-10-12-21/h8-12,18-20,22-26,38H,13-17H2,1-7H3,(H,33,39)(H,34,40)(H,35,41)/t22-,23+,24+,25+,26+,31-/m1/s1. The fourth-order valence-electron chi connectivity index (χ4n) is 5.07. The van der Waals surface area contributed by atoms with Crippen LogP contribution in [-0.2, 0) is 35.1 Å². The van der Waals surface area contributed by atoms with Crippen molar-refractivity contribution in [1.82, 2.24) is 16.0 Å². The van der Waals surface area contributed by atoms with Gasteiger partial charge in [0.05, 0.1) is 19.8 Å². The largest absolute Gasteiger partial charge is 0.467 e. The number of amides is 3. The number of hydrogen-bond acceptors (Lipinski definition) is 8. The van der Waals surface area contributed by atoms with E-state index in [0.717, 1.165) is 5.56 Å². The van der Waals surface area contributed by atoms with Gasteiger partial charge in [0.25, 0.3) is 0 Å². The Labute approximate surface area is 259 Å². The van der Waals surface area contributed by atoms with Gasteiger partial charge in [0.1, 0.15) is 24.2 Å². The molecule has 1 heterocycles. The van der Waals surface area contributed by atoms with Crippen molar-refractivity contribution in [3.63, 3.8) is 0 Å². The predicted octanol–water partition coefficient (Wildman–Crippen LogP) is 2.80. The van der Waals surface area contributed by atoms with Crippen LogP contribution in [0, 0.1) is 17.8 Å². The minimum atomic E-state index is -1.55. The highest BCUT2D eigenvalue weighted by Gasteiger charge is 2.61. The molecule has 4 N–H and O–H groups in total. The van der Waals surface area contributed by atoms with E-state index in [4.69, 9.17) is 15.0 Å². The number of carbonyl (C=O) groups excluding carboxylic acids is 4. The van der Waals surface area contributed by atoms with Gasteiger partial charge in [0.2, 0.25) is 23.3 Å². The van der Waals surface area contributed by atoms with Crippen molar-refractivity contribution in [3.05, 3.63) is 46.3 Å². The summed E-state index contributed by atoms with van der Waals surface area (Å²) in [5.74, 6) is -2.37. The maximum Gasteiger partial charge on any atom is 0.343 e. The molecule has 1 aromatic rings. The van der Waals surface area contributed by atoms with Crippen molar-refractivity contribution < 1.29 is 33.8 Å².